The van der Waals surface area contributed by atoms with Gasteiger partial charge in [0.05, 0.1) is 12.8 Å². The molecule has 0 atom stereocenters. The van der Waals surface area contributed by atoms with E-state index >= 15 is 0 Å². The van der Waals surface area contributed by atoms with Gasteiger partial charge in [0.1, 0.15) is 0 Å². The molecule has 0 bridgehead atoms. The van der Waals surface area contributed by atoms with Crippen molar-refractivity contribution in [1.29, 1.82) is 0 Å². The average molecular weight is 285 g/mol. The normalized spacial score (nSPS) is 16.4. The minimum atomic E-state index is -0.147. The number of piperidine rings is 1. The Morgan fingerprint density at radius 1 is 1.53 bits per heavy atom. The summed E-state index contributed by atoms with van der Waals surface area (Å²) in [7, 11) is 1.42. The molecule has 1 aliphatic rings. The topological polar surface area (TPSA) is 81.3 Å². The molecule has 0 aliphatic carbocycles. The number of carbonyl (C=O) groups excluding carboxylic acids is 1. The predicted octanol–water partition coefficient (Wildman–Crippen LogP) is 1.49. The van der Waals surface area contributed by atoms with Crippen LogP contribution in [0.25, 0.3) is 0 Å². The first-order valence-electron chi connectivity index (χ1n) is 6.20. The highest BCUT2D eigenvalue weighted by Crippen LogP contribution is 2.29. The molecule has 1 aromatic heterocycles. The third kappa shape index (κ3) is 3.47. The molecule has 0 unspecified atom stereocenters. The lowest BCUT2D eigenvalue weighted by Crippen LogP contribution is -2.35. The largest absolute Gasteiger partial charge is 0.469 e. The zero-order chi connectivity index (χ0) is 13.8. The summed E-state index contributed by atoms with van der Waals surface area (Å²) in [6.07, 6.45) is 2.33. The molecule has 0 amide bonds. The number of esters is 1. The third-order valence-electron chi connectivity index (χ3n) is 3.41. The Kier molecular flexibility index (Phi) is 4.42. The number of hydrogen-bond donors (Lipinski definition) is 1. The van der Waals surface area contributed by atoms with Gasteiger partial charge in [0.25, 0.3) is 0 Å². The monoisotopic (exact) mass is 284 g/mol. The van der Waals surface area contributed by atoms with E-state index in [4.69, 9.17) is 22.1 Å². The van der Waals surface area contributed by atoms with Crippen LogP contribution in [0, 0.1) is 5.92 Å². The number of carbonyl (C=O) groups is 1. The zero-order valence-electron chi connectivity index (χ0n) is 10.8. The van der Waals surface area contributed by atoms with E-state index in [-0.39, 0.29) is 5.97 Å². The van der Waals surface area contributed by atoms with Crippen LogP contribution in [0.2, 0.25) is 5.15 Å². The van der Waals surface area contributed by atoms with E-state index in [0.29, 0.717) is 23.3 Å². The molecule has 2 heterocycles. The van der Waals surface area contributed by atoms with E-state index in [1.807, 2.05) is 0 Å². The molecule has 1 fully saturated rings. The Bertz CT molecular complexity index is 461. The Labute approximate surface area is 116 Å². The predicted molar refractivity (Wildman–Crippen MR) is 73.0 cm³/mol. The number of hydrogen-bond acceptors (Lipinski definition) is 6. The standard InChI is InChI=1S/C12H17ClN4O2/c1-19-11(18)6-8-2-4-17(5-3-8)9-7-10(13)15-16-12(9)14/h7-8H,2-6H2,1H3,(H2,14,16). The van der Waals surface area contributed by atoms with Gasteiger partial charge in [-0.3, -0.25) is 4.79 Å². The fraction of sp³-hybridized carbons (Fsp3) is 0.583. The summed E-state index contributed by atoms with van der Waals surface area (Å²) in [5.41, 5.74) is 6.63. The molecule has 1 aromatic rings. The van der Waals surface area contributed by atoms with Crippen LogP contribution in [0.4, 0.5) is 11.5 Å². The van der Waals surface area contributed by atoms with E-state index in [1.54, 1.807) is 6.07 Å². The second-order valence-electron chi connectivity index (χ2n) is 4.65. The number of rotatable bonds is 3. The quantitative estimate of drug-likeness (QED) is 0.847. The second-order valence-corrected chi connectivity index (χ2v) is 5.04. The van der Waals surface area contributed by atoms with Crippen molar-refractivity contribution in [1.82, 2.24) is 10.2 Å². The molecule has 2 N–H and O–H groups in total. The summed E-state index contributed by atoms with van der Waals surface area (Å²) in [6, 6.07) is 1.73. The maximum Gasteiger partial charge on any atom is 0.305 e. The number of halogens is 1. The molecule has 0 saturated carbocycles. The summed E-state index contributed by atoms with van der Waals surface area (Å²) >= 11 is 5.84. The summed E-state index contributed by atoms with van der Waals surface area (Å²) in [6.45, 7) is 1.65. The summed E-state index contributed by atoms with van der Waals surface area (Å²) in [5.74, 6) is 0.609. The van der Waals surface area contributed by atoms with Crippen LogP contribution in [0.5, 0.6) is 0 Å². The Hall–Kier alpha value is -1.56. The molecule has 0 aromatic carbocycles. The molecule has 1 aliphatic heterocycles. The van der Waals surface area contributed by atoms with Crippen molar-refractivity contribution in [3.8, 4) is 0 Å². The molecule has 6 nitrogen and oxygen atoms in total. The van der Waals surface area contributed by atoms with Crippen LogP contribution in [-0.4, -0.2) is 36.4 Å². The number of nitrogens with zero attached hydrogens (tertiary/aromatic N) is 3. The highest BCUT2D eigenvalue weighted by molar-refractivity contribution is 6.29. The minimum Gasteiger partial charge on any atom is -0.469 e. The van der Waals surface area contributed by atoms with Gasteiger partial charge < -0.3 is 15.4 Å². The van der Waals surface area contributed by atoms with Gasteiger partial charge in [-0.2, -0.15) is 0 Å². The van der Waals surface area contributed by atoms with Crippen molar-refractivity contribution in [2.45, 2.75) is 19.3 Å². The number of anilines is 2. The molecule has 1 saturated heterocycles. The first-order chi connectivity index (χ1) is 9.10. The smallest absolute Gasteiger partial charge is 0.305 e. The highest BCUT2D eigenvalue weighted by Gasteiger charge is 2.23. The molecule has 104 valence electrons. The highest BCUT2D eigenvalue weighted by atomic mass is 35.5. The van der Waals surface area contributed by atoms with E-state index < -0.39 is 0 Å². The number of nitrogen functional groups attached to an aromatic ring is 1. The third-order valence-corrected chi connectivity index (χ3v) is 3.59. The number of methoxy groups -OCH3 is 1. The lowest BCUT2D eigenvalue weighted by Gasteiger charge is -2.33. The van der Waals surface area contributed by atoms with Crippen LogP contribution in [0.15, 0.2) is 6.07 Å². The van der Waals surface area contributed by atoms with Crippen molar-refractivity contribution < 1.29 is 9.53 Å². The molecular weight excluding hydrogens is 268 g/mol. The number of ether oxygens (including phenoxy) is 1. The Morgan fingerprint density at radius 3 is 2.84 bits per heavy atom. The van der Waals surface area contributed by atoms with E-state index in [2.05, 4.69) is 15.1 Å². The molecule has 2 rings (SSSR count). The van der Waals surface area contributed by atoms with Gasteiger partial charge in [-0.15, -0.1) is 10.2 Å². The van der Waals surface area contributed by atoms with Crippen molar-refractivity contribution in [2.24, 2.45) is 5.92 Å². The maximum absolute atomic E-state index is 11.2. The summed E-state index contributed by atoms with van der Waals surface area (Å²) in [4.78, 5) is 13.4. The van der Waals surface area contributed by atoms with Crippen LogP contribution in [0.1, 0.15) is 19.3 Å². The van der Waals surface area contributed by atoms with Gasteiger partial charge in [-0.05, 0) is 18.8 Å². The van der Waals surface area contributed by atoms with Gasteiger partial charge >= 0.3 is 5.97 Å². The van der Waals surface area contributed by atoms with Gasteiger partial charge in [-0.25, -0.2) is 0 Å². The molecule has 0 spiro atoms. The first kappa shape index (κ1) is 13.9. The Morgan fingerprint density at radius 2 is 2.21 bits per heavy atom. The van der Waals surface area contributed by atoms with E-state index in [1.165, 1.54) is 7.11 Å². The van der Waals surface area contributed by atoms with Gasteiger partial charge in [0.15, 0.2) is 11.0 Å². The molecule has 7 heteroatoms. The van der Waals surface area contributed by atoms with Crippen LogP contribution >= 0.6 is 11.6 Å². The SMILES string of the molecule is COC(=O)CC1CCN(c2cc(Cl)nnc2N)CC1. The fourth-order valence-electron chi connectivity index (χ4n) is 2.32. The van der Waals surface area contributed by atoms with Crippen molar-refractivity contribution in [3.63, 3.8) is 0 Å². The van der Waals surface area contributed by atoms with Gasteiger partial charge in [0.2, 0.25) is 0 Å². The van der Waals surface area contributed by atoms with Crippen LogP contribution < -0.4 is 10.6 Å². The first-order valence-corrected chi connectivity index (χ1v) is 6.58. The van der Waals surface area contributed by atoms with E-state index in [0.717, 1.165) is 31.6 Å². The maximum atomic E-state index is 11.2. The van der Waals surface area contributed by atoms with Gasteiger partial charge in [0, 0.05) is 25.6 Å². The minimum absolute atomic E-state index is 0.147. The van der Waals surface area contributed by atoms with Crippen molar-refractivity contribution in [2.75, 3.05) is 30.8 Å². The van der Waals surface area contributed by atoms with Gasteiger partial charge in [-0.1, -0.05) is 11.6 Å². The summed E-state index contributed by atoms with van der Waals surface area (Å²) in [5, 5.41) is 7.85. The number of aromatic nitrogens is 2. The molecule has 19 heavy (non-hydrogen) atoms. The zero-order valence-corrected chi connectivity index (χ0v) is 11.6. The Balaban J connectivity index is 1.96. The van der Waals surface area contributed by atoms with E-state index in [9.17, 15) is 4.79 Å². The van der Waals surface area contributed by atoms with Crippen LogP contribution in [0.3, 0.4) is 0 Å². The number of nitrogens with two attached hydrogens (primary N) is 1. The summed E-state index contributed by atoms with van der Waals surface area (Å²) < 4.78 is 4.69. The van der Waals surface area contributed by atoms with Crippen molar-refractivity contribution in [3.05, 3.63) is 11.2 Å². The lowest BCUT2D eigenvalue weighted by atomic mass is 9.93. The molecule has 0 radical (unpaired) electrons. The molecular formula is C12H17ClN4O2. The second kappa shape index (κ2) is 6.06. The fourth-order valence-corrected chi connectivity index (χ4v) is 2.46. The van der Waals surface area contributed by atoms with Crippen LogP contribution in [-0.2, 0) is 9.53 Å². The lowest BCUT2D eigenvalue weighted by molar-refractivity contribution is -0.141. The average Bonchev–Trinajstić information content (AvgIpc) is 2.42. The van der Waals surface area contributed by atoms with Crippen molar-refractivity contribution >= 4 is 29.1 Å².